The molecule has 0 radical (unpaired) electrons. The molecule has 1 heterocycles. The van der Waals surface area contributed by atoms with Gasteiger partial charge in [0.15, 0.2) is 5.96 Å². The zero-order valence-electron chi connectivity index (χ0n) is 18.8. The van der Waals surface area contributed by atoms with Crippen LogP contribution in [0.3, 0.4) is 0 Å². The van der Waals surface area contributed by atoms with Gasteiger partial charge in [-0.2, -0.15) is 0 Å². The summed E-state index contributed by atoms with van der Waals surface area (Å²) < 4.78 is 5.70. The van der Waals surface area contributed by atoms with E-state index in [0.717, 1.165) is 38.3 Å². The van der Waals surface area contributed by atoms with Crippen molar-refractivity contribution in [1.82, 2.24) is 15.5 Å². The Morgan fingerprint density at radius 1 is 1.20 bits per heavy atom. The van der Waals surface area contributed by atoms with Gasteiger partial charge in [-0.3, -0.25) is 9.79 Å². The fourth-order valence-electron chi connectivity index (χ4n) is 4.35. The van der Waals surface area contributed by atoms with E-state index in [0.29, 0.717) is 19.1 Å². The predicted octanol–water partition coefficient (Wildman–Crippen LogP) is 3.46. The van der Waals surface area contributed by atoms with Crippen molar-refractivity contribution in [3.8, 4) is 0 Å². The maximum absolute atomic E-state index is 12.8. The van der Waals surface area contributed by atoms with E-state index in [2.05, 4.69) is 44.8 Å². The van der Waals surface area contributed by atoms with Crippen LogP contribution in [0.1, 0.15) is 63.5 Å². The zero-order chi connectivity index (χ0) is 21.3. The van der Waals surface area contributed by atoms with Crippen LogP contribution in [0.4, 0.5) is 0 Å². The van der Waals surface area contributed by atoms with Crippen LogP contribution < -0.4 is 10.6 Å². The number of benzene rings is 1. The molecule has 2 aliphatic rings. The largest absolute Gasteiger partial charge is 0.374 e. The summed E-state index contributed by atoms with van der Waals surface area (Å²) in [5, 5.41) is 6.91. The number of nitrogens with one attached hydrogen (secondary N) is 2. The van der Waals surface area contributed by atoms with Gasteiger partial charge in [-0.05, 0) is 44.2 Å². The molecule has 1 aromatic rings. The summed E-state index contributed by atoms with van der Waals surface area (Å²) in [5.41, 5.74) is 2.38. The molecule has 1 unspecified atom stereocenters. The average molecular weight is 415 g/mol. The summed E-state index contributed by atoms with van der Waals surface area (Å²) in [4.78, 5) is 19.2. The van der Waals surface area contributed by atoms with Crippen molar-refractivity contribution in [2.75, 3.05) is 20.1 Å². The fourth-order valence-corrected chi connectivity index (χ4v) is 4.35. The smallest absolute Gasteiger partial charge is 0.225 e. The molecular formula is C24H38N4O2. The molecule has 166 valence electrons. The Labute approximate surface area is 181 Å². The minimum absolute atomic E-state index is 0.228. The molecule has 1 saturated carbocycles. The number of ether oxygens (including phenoxy) is 1. The van der Waals surface area contributed by atoms with Crippen molar-refractivity contribution in [2.45, 2.75) is 77.7 Å². The number of carbonyl (C=O) groups excluding carboxylic acids is 1. The van der Waals surface area contributed by atoms with Gasteiger partial charge < -0.3 is 20.3 Å². The third-order valence-corrected chi connectivity index (χ3v) is 6.05. The van der Waals surface area contributed by atoms with Gasteiger partial charge >= 0.3 is 0 Å². The first-order valence-electron chi connectivity index (χ1n) is 11.5. The standard InChI is InChI=1S/C24H38N4O2/c1-18(2)30-17-20-9-7-8-19(14-20)15-26-24(25-3)27-22-12-13-28(16-22)23(29)21-10-5-4-6-11-21/h7-9,14,18,21-22H,4-6,10-13,15-17H2,1-3H3,(H2,25,26,27). The second kappa shape index (κ2) is 11.3. The molecule has 2 fully saturated rings. The van der Waals surface area contributed by atoms with Crippen LogP contribution in [0, 0.1) is 5.92 Å². The van der Waals surface area contributed by atoms with Gasteiger partial charge in [-0.15, -0.1) is 0 Å². The van der Waals surface area contributed by atoms with E-state index < -0.39 is 0 Å². The Hall–Kier alpha value is -2.08. The van der Waals surface area contributed by atoms with E-state index in [1.165, 1.54) is 30.4 Å². The van der Waals surface area contributed by atoms with E-state index in [1.807, 2.05) is 13.8 Å². The topological polar surface area (TPSA) is 66.0 Å². The normalized spacial score (nSPS) is 20.6. The Morgan fingerprint density at radius 2 is 1.97 bits per heavy atom. The van der Waals surface area contributed by atoms with Gasteiger partial charge in [-0.1, -0.05) is 43.5 Å². The maximum Gasteiger partial charge on any atom is 0.225 e. The molecule has 30 heavy (non-hydrogen) atoms. The third-order valence-electron chi connectivity index (χ3n) is 6.05. The molecule has 1 amide bonds. The molecule has 1 aliphatic heterocycles. The summed E-state index contributed by atoms with van der Waals surface area (Å²) in [6.45, 7) is 7.06. The van der Waals surface area contributed by atoms with Gasteiger partial charge in [0.2, 0.25) is 5.91 Å². The summed E-state index contributed by atoms with van der Waals surface area (Å²) in [6, 6.07) is 8.70. The van der Waals surface area contributed by atoms with Crippen LogP contribution in [-0.2, 0) is 22.7 Å². The highest BCUT2D eigenvalue weighted by Gasteiger charge is 2.31. The SMILES string of the molecule is CN=C(NCc1cccc(COC(C)C)c1)NC1CCN(C(=O)C2CCCCC2)C1. The zero-order valence-corrected chi connectivity index (χ0v) is 18.8. The van der Waals surface area contributed by atoms with E-state index in [4.69, 9.17) is 4.74 Å². The molecule has 6 heteroatoms. The van der Waals surface area contributed by atoms with E-state index in [1.54, 1.807) is 7.05 Å². The lowest BCUT2D eigenvalue weighted by Gasteiger charge is -2.26. The van der Waals surface area contributed by atoms with Gasteiger partial charge in [0, 0.05) is 38.6 Å². The molecule has 1 saturated heterocycles. The van der Waals surface area contributed by atoms with E-state index >= 15 is 0 Å². The van der Waals surface area contributed by atoms with Crippen LogP contribution in [0.2, 0.25) is 0 Å². The molecule has 0 aromatic heterocycles. The Kier molecular flexibility index (Phi) is 8.55. The number of rotatable bonds is 7. The molecule has 6 nitrogen and oxygen atoms in total. The second-order valence-corrected chi connectivity index (χ2v) is 8.85. The molecule has 0 bridgehead atoms. The average Bonchev–Trinajstić information content (AvgIpc) is 3.24. The van der Waals surface area contributed by atoms with Crippen molar-refractivity contribution in [2.24, 2.45) is 10.9 Å². The van der Waals surface area contributed by atoms with E-state index in [9.17, 15) is 4.79 Å². The van der Waals surface area contributed by atoms with Crippen molar-refractivity contribution in [3.05, 3.63) is 35.4 Å². The molecule has 2 N–H and O–H groups in total. The van der Waals surface area contributed by atoms with Crippen LogP contribution in [-0.4, -0.2) is 49.0 Å². The van der Waals surface area contributed by atoms with Gasteiger partial charge in [0.1, 0.15) is 0 Å². The minimum Gasteiger partial charge on any atom is -0.374 e. The number of guanidine groups is 1. The van der Waals surface area contributed by atoms with Crippen molar-refractivity contribution >= 4 is 11.9 Å². The van der Waals surface area contributed by atoms with Crippen LogP contribution in [0.15, 0.2) is 29.3 Å². The number of amides is 1. The minimum atomic E-state index is 0.228. The number of aliphatic imine (C=N–C) groups is 1. The summed E-state index contributed by atoms with van der Waals surface area (Å²) in [5.74, 6) is 1.40. The summed E-state index contributed by atoms with van der Waals surface area (Å²) in [6.07, 6.45) is 7.02. The fraction of sp³-hybridized carbons (Fsp3) is 0.667. The quantitative estimate of drug-likeness (QED) is 0.530. The molecule has 1 atom stereocenters. The maximum atomic E-state index is 12.8. The highest BCUT2D eigenvalue weighted by atomic mass is 16.5. The Bertz CT molecular complexity index is 713. The monoisotopic (exact) mass is 414 g/mol. The molecule has 1 aliphatic carbocycles. The molecule has 0 spiro atoms. The first-order valence-corrected chi connectivity index (χ1v) is 11.5. The molecule has 1 aromatic carbocycles. The number of carbonyl (C=O) groups is 1. The third kappa shape index (κ3) is 6.73. The number of nitrogens with zero attached hydrogens (tertiary/aromatic N) is 2. The van der Waals surface area contributed by atoms with Gasteiger partial charge in [0.25, 0.3) is 0 Å². The van der Waals surface area contributed by atoms with Crippen molar-refractivity contribution < 1.29 is 9.53 Å². The highest BCUT2D eigenvalue weighted by Crippen LogP contribution is 2.26. The van der Waals surface area contributed by atoms with Gasteiger partial charge in [0.05, 0.1) is 12.7 Å². The number of hydrogen-bond acceptors (Lipinski definition) is 3. The predicted molar refractivity (Wildman–Crippen MR) is 121 cm³/mol. The van der Waals surface area contributed by atoms with Crippen molar-refractivity contribution in [1.29, 1.82) is 0 Å². The Balaban J connectivity index is 1.45. The van der Waals surface area contributed by atoms with E-state index in [-0.39, 0.29) is 18.1 Å². The highest BCUT2D eigenvalue weighted by molar-refractivity contribution is 5.81. The van der Waals surface area contributed by atoms with Crippen molar-refractivity contribution in [3.63, 3.8) is 0 Å². The Morgan fingerprint density at radius 3 is 2.70 bits per heavy atom. The lowest BCUT2D eigenvalue weighted by atomic mass is 9.88. The first kappa shape index (κ1) is 22.6. The summed E-state index contributed by atoms with van der Waals surface area (Å²) in [7, 11) is 1.79. The van der Waals surface area contributed by atoms with Crippen LogP contribution in [0.25, 0.3) is 0 Å². The number of likely N-dealkylation sites (tertiary alicyclic amines) is 1. The number of hydrogen-bond donors (Lipinski definition) is 2. The lowest BCUT2D eigenvalue weighted by Crippen LogP contribution is -2.45. The van der Waals surface area contributed by atoms with Crippen LogP contribution in [0.5, 0.6) is 0 Å². The molecule has 3 rings (SSSR count). The second-order valence-electron chi connectivity index (χ2n) is 8.85. The first-order chi connectivity index (χ1) is 14.5. The lowest BCUT2D eigenvalue weighted by molar-refractivity contribution is -0.135. The summed E-state index contributed by atoms with van der Waals surface area (Å²) >= 11 is 0. The molecular weight excluding hydrogens is 376 g/mol. The van der Waals surface area contributed by atoms with Gasteiger partial charge in [-0.25, -0.2) is 0 Å². The van der Waals surface area contributed by atoms with Crippen LogP contribution >= 0.6 is 0 Å².